The van der Waals surface area contributed by atoms with E-state index < -0.39 is 0 Å². The molecule has 0 aliphatic carbocycles. The molecule has 0 spiro atoms. The van der Waals surface area contributed by atoms with Gasteiger partial charge < -0.3 is 10.2 Å². The van der Waals surface area contributed by atoms with Crippen LogP contribution in [-0.4, -0.2) is 46.8 Å². The molecule has 1 unspecified atom stereocenters. The number of rotatable bonds is 3. The van der Waals surface area contributed by atoms with Gasteiger partial charge in [0.1, 0.15) is 0 Å². The highest BCUT2D eigenvalue weighted by Gasteiger charge is 2.26. The summed E-state index contributed by atoms with van der Waals surface area (Å²) < 4.78 is 2.83. The zero-order valence-electron chi connectivity index (χ0n) is 12.7. The summed E-state index contributed by atoms with van der Waals surface area (Å²) in [6.45, 7) is 3.77. The zero-order chi connectivity index (χ0) is 15.7. The monoisotopic (exact) mass is 362 g/mol. The van der Waals surface area contributed by atoms with Crippen LogP contribution in [0.5, 0.6) is 0 Å². The van der Waals surface area contributed by atoms with Crippen LogP contribution in [-0.2, 0) is 0 Å². The highest BCUT2D eigenvalue weighted by Crippen LogP contribution is 2.19. The van der Waals surface area contributed by atoms with E-state index in [1.807, 2.05) is 43.1 Å². The van der Waals surface area contributed by atoms with E-state index in [1.165, 1.54) is 0 Å². The molecule has 3 rings (SSSR count). The van der Waals surface area contributed by atoms with Crippen molar-refractivity contribution in [2.24, 2.45) is 0 Å². The van der Waals surface area contributed by atoms with Gasteiger partial charge in [-0.15, -0.1) is 0 Å². The van der Waals surface area contributed by atoms with Crippen LogP contribution in [0.2, 0.25) is 0 Å². The summed E-state index contributed by atoms with van der Waals surface area (Å²) in [6, 6.07) is 8.15. The van der Waals surface area contributed by atoms with Crippen LogP contribution < -0.4 is 5.32 Å². The molecule has 22 heavy (non-hydrogen) atoms. The summed E-state index contributed by atoms with van der Waals surface area (Å²) in [4.78, 5) is 14.5. The normalized spacial score (nSPS) is 17.7. The Balaban J connectivity index is 1.86. The minimum Gasteiger partial charge on any atom is -0.337 e. The SMILES string of the molecule is Cc1c(C(=O)N(C)C2CCNC2)cnn1-c1ccc(Br)cc1. The maximum absolute atomic E-state index is 12.7. The molecule has 1 atom stereocenters. The Morgan fingerprint density at radius 2 is 2.14 bits per heavy atom. The van der Waals surface area contributed by atoms with E-state index in [0.717, 1.165) is 35.4 Å². The molecule has 1 aliphatic heterocycles. The highest BCUT2D eigenvalue weighted by atomic mass is 79.9. The van der Waals surface area contributed by atoms with Crippen molar-refractivity contribution in [2.45, 2.75) is 19.4 Å². The fourth-order valence-corrected chi connectivity index (χ4v) is 3.05. The third-order valence-electron chi connectivity index (χ3n) is 4.21. The molecule has 1 fully saturated rings. The molecule has 1 amide bonds. The molecule has 6 heteroatoms. The quantitative estimate of drug-likeness (QED) is 0.911. The van der Waals surface area contributed by atoms with Gasteiger partial charge in [0.05, 0.1) is 23.1 Å². The summed E-state index contributed by atoms with van der Waals surface area (Å²) in [5.41, 5.74) is 2.48. The maximum Gasteiger partial charge on any atom is 0.257 e. The predicted molar refractivity (Wildman–Crippen MR) is 89.4 cm³/mol. The molecule has 5 nitrogen and oxygen atoms in total. The number of amides is 1. The van der Waals surface area contributed by atoms with E-state index >= 15 is 0 Å². The number of benzene rings is 1. The summed E-state index contributed by atoms with van der Waals surface area (Å²) in [6.07, 6.45) is 2.67. The molecule has 0 saturated carbocycles. The van der Waals surface area contributed by atoms with Crippen molar-refractivity contribution in [1.29, 1.82) is 0 Å². The van der Waals surface area contributed by atoms with Crippen LogP contribution in [0.1, 0.15) is 22.5 Å². The first-order valence-corrected chi connectivity index (χ1v) is 8.15. The maximum atomic E-state index is 12.7. The van der Waals surface area contributed by atoms with Gasteiger partial charge in [-0.3, -0.25) is 4.79 Å². The van der Waals surface area contributed by atoms with E-state index in [4.69, 9.17) is 0 Å². The van der Waals surface area contributed by atoms with Gasteiger partial charge in [0.2, 0.25) is 0 Å². The molecule has 1 aromatic heterocycles. The number of nitrogens with one attached hydrogen (secondary N) is 1. The molecule has 0 bridgehead atoms. The van der Waals surface area contributed by atoms with E-state index in [1.54, 1.807) is 10.9 Å². The topological polar surface area (TPSA) is 50.2 Å². The Labute approximate surface area is 138 Å². The molecular weight excluding hydrogens is 344 g/mol. The van der Waals surface area contributed by atoms with Crippen LogP contribution in [0, 0.1) is 6.92 Å². The summed E-state index contributed by atoms with van der Waals surface area (Å²) in [7, 11) is 1.87. The number of carbonyl (C=O) groups excluding carboxylic acids is 1. The summed E-state index contributed by atoms with van der Waals surface area (Å²) >= 11 is 3.43. The lowest BCUT2D eigenvalue weighted by Crippen LogP contribution is -2.38. The lowest BCUT2D eigenvalue weighted by Gasteiger charge is -2.23. The second kappa shape index (κ2) is 6.22. The first-order chi connectivity index (χ1) is 10.6. The van der Waals surface area contributed by atoms with Crippen LogP contribution >= 0.6 is 15.9 Å². The molecule has 0 radical (unpaired) electrons. The zero-order valence-corrected chi connectivity index (χ0v) is 14.3. The van der Waals surface area contributed by atoms with Gasteiger partial charge >= 0.3 is 0 Å². The third kappa shape index (κ3) is 2.80. The number of hydrogen-bond acceptors (Lipinski definition) is 3. The molecule has 1 saturated heterocycles. The second-order valence-electron chi connectivity index (χ2n) is 5.59. The van der Waals surface area contributed by atoms with Gasteiger partial charge in [-0.1, -0.05) is 15.9 Å². The van der Waals surface area contributed by atoms with Crippen molar-refractivity contribution >= 4 is 21.8 Å². The average molecular weight is 363 g/mol. The molecule has 2 heterocycles. The van der Waals surface area contributed by atoms with Crippen molar-refractivity contribution in [1.82, 2.24) is 20.0 Å². The number of carbonyl (C=O) groups is 1. The van der Waals surface area contributed by atoms with Gasteiger partial charge in [0, 0.05) is 24.1 Å². The van der Waals surface area contributed by atoms with Crippen LogP contribution in [0.25, 0.3) is 5.69 Å². The Bertz CT molecular complexity index is 674. The Morgan fingerprint density at radius 1 is 1.41 bits per heavy atom. The standard InChI is InChI=1S/C16H19BrN4O/c1-11-15(16(22)20(2)14-7-8-18-9-14)10-19-21(11)13-5-3-12(17)4-6-13/h3-6,10,14,18H,7-9H2,1-2H3. The Hall–Kier alpha value is -1.66. The lowest BCUT2D eigenvalue weighted by atomic mass is 10.1. The van der Waals surface area contributed by atoms with Crippen LogP contribution in [0.15, 0.2) is 34.9 Å². The fourth-order valence-electron chi connectivity index (χ4n) is 2.79. The second-order valence-corrected chi connectivity index (χ2v) is 6.51. The van der Waals surface area contributed by atoms with Crippen molar-refractivity contribution in [2.75, 3.05) is 20.1 Å². The first kappa shape index (κ1) is 15.2. The first-order valence-electron chi connectivity index (χ1n) is 7.36. The Kier molecular flexibility index (Phi) is 4.31. The van der Waals surface area contributed by atoms with E-state index in [-0.39, 0.29) is 11.9 Å². The number of likely N-dealkylation sites (N-methyl/N-ethyl adjacent to an activating group) is 1. The van der Waals surface area contributed by atoms with Crippen molar-refractivity contribution in [3.8, 4) is 5.69 Å². The van der Waals surface area contributed by atoms with Gasteiger partial charge in [0.25, 0.3) is 5.91 Å². The minimum absolute atomic E-state index is 0.0366. The fraction of sp³-hybridized carbons (Fsp3) is 0.375. The molecule has 116 valence electrons. The summed E-state index contributed by atoms with van der Waals surface area (Å²) in [5, 5.41) is 7.68. The van der Waals surface area contributed by atoms with Crippen molar-refractivity contribution in [3.05, 3.63) is 46.2 Å². The van der Waals surface area contributed by atoms with Gasteiger partial charge in [-0.2, -0.15) is 5.10 Å². The van der Waals surface area contributed by atoms with Crippen molar-refractivity contribution in [3.63, 3.8) is 0 Å². The van der Waals surface area contributed by atoms with Gasteiger partial charge in [0.15, 0.2) is 0 Å². The lowest BCUT2D eigenvalue weighted by molar-refractivity contribution is 0.0743. The van der Waals surface area contributed by atoms with Gasteiger partial charge in [-0.25, -0.2) is 4.68 Å². The van der Waals surface area contributed by atoms with E-state index in [2.05, 4.69) is 26.3 Å². The van der Waals surface area contributed by atoms with Crippen molar-refractivity contribution < 1.29 is 4.79 Å². The molecule has 1 aliphatic rings. The number of halogens is 1. The molecular formula is C16H19BrN4O. The average Bonchev–Trinajstić information content (AvgIpc) is 3.16. The minimum atomic E-state index is 0.0366. The van der Waals surface area contributed by atoms with Crippen LogP contribution in [0.4, 0.5) is 0 Å². The molecule has 2 aromatic rings. The third-order valence-corrected chi connectivity index (χ3v) is 4.74. The van der Waals surface area contributed by atoms with Crippen LogP contribution in [0.3, 0.4) is 0 Å². The smallest absolute Gasteiger partial charge is 0.257 e. The van der Waals surface area contributed by atoms with E-state index in [9.17, 15) is 4.79 Å². The molecule has 1 N–H and O–H groups in total. The van der Waals surface area contributed by atoms with Gasteiger partial charge in [-0.05, 0) is 44.2 Å². The molecule has 1 aromatic carbocycles. The number of hydrogen-bond donors (Lipinski definition) is 1. The summed E-state index contributed by atoms with van der Waals surface area (Å²) in [5.74, 6) is 0.0366. The largest absolute Gasteiger partial charge is 0.337 e. The Morgan fingerprint density at radius 3 is 2.77 bits per heavy atom. The van der Waals surface area contributed by atoms with E-state index in [0.29, 0.717) is 5.56 Å². The number of nitrogens with zero attached hydrogens (tertiary/aromatic N) is 3. The predicted octanol–water partition coefficient (Wildman–Crippen LogP) is 2.38. The highest BCUT2D eigenvalue weighted by molar-refractivity contribution is 9.10. The number of aromatic nitrogens is 2.